The van der Waals surface area contributed by atoms with Gasteiger partial charge in [0.25, 0.3) is 0 Å². The quantitative estimate of drug-likeness (QED) is 0.891. The van der Waals surface area contributed by atoms with Crippen LogP contribution in [0, 0.1) is 17.6 Å². The zero-order chi connectivity index (χ0) is 15.4. The van der Waals surface area contributed by atoms with Gasteiger partial charge in [-0.1, -0.05) is 19.9 Å². The number of benzene rings is 1. The Bertz CT molecular complexity index is 595. The highest BCUT2D eigenvalue weighted by molar-refractivity contribution is 5.23. The maximum absolute atomic E-state index is 13.9. The molecule has 0 spiro atoms. The molecule has 21 heavy (non-hydrogen) atoms. The molecule has 1 aromatic heterocycles. The summed E-state index contributed by atoms with van der Waals surface area (Å²) in [5, 5.41) is 7.25. The van der Waals surface area contributed by atoms with Gasteiger partial charge in [-0.25, -0.2) is 18.4 Å². The van der Waals surface area contributed by atoms with Crippen LogP contribution in [0.1, 0.15) is 31.3 Å². The first-order valence-electron chi connectivity index (χ1n) is 7.00. The Morgan fingerprint density at radius 2 is 2.05 bits per heavy atom. The van der Waals surface area contributed by atoms with E-state index in [0.717, 1.165) is 18.4 Å². The third-order valence-corrected chi connectivity index (χ3v) is 3.31. The van der Waals surface area contributed by atoms with Crippen molar-refractivity contribution in [3.63, 3.8) is 0 Å². The van der Waals surface area contributed by atoms with Gasteiger partial charge in [0, 0.05) is 30.6 Å². The van der Waals surface area contributed by atoms with Gasteiger partial charge in [-0.15, -0.1) is 0 Å². The molecule has 0 aliphatic carbocycles. The van der Waals surface area contributed by atoms with Crippen LogP contribution >= 0.6 is 0 Å². The number of nitrogens with one attached hydrogen (secondary N) is 1. The molecule has 1 N–H and O–H groups in total. The smallest absolute Gasteiger partial charge is 0.138 e. The molecule has 1 heterocycles. The Kier molecular flexibility index (Phi) is 5.01. The summed E-state index contributed by atoms with van der Waals surface area (Å²) in [6.45, 7) is 4.96. The summed E-state index contributed by atoms with van der Waals surface area (Å²) in [5.74, 6) is 0.103. The summed E-state index contributed by atoms with van der Waals surface area (Å²) in [6, 6.07) is 3.36. The Morgan fingerprint density at radius 3 is 2.67 bits per heavy atom. The topological polar surface area (TPSA) is 42.7 Å². The second kappa shape index (κ2) is 6.76. The molecule has 2 rings (SSSR count). The van der Waals surface area contributed by atoms with Crippen molar-refractivity contribution in [2.24, 2.45) is 5.92 Å². The first-order valence-corrected chi connectivity index (χ1v) is 7.00. The van der Waals surface area contributed by atoms with Gasteiger partial charge in [0.2, 0.25) is 0 Å². The van der Waals surface area contributed by atoms with Crippen molar-refractivity contribution in [1.29, 1.82) is 0 Å². The highest BCUT2D eigenvalue weighted by Gasteiger charge is 2.18. The molecule has 114 valence electrons. The zero-order valence-corrected chi connectivity index (χ0v) is 12.5. The molecule has 0 fully saturated rings. The first kappa shape index (κ1) is 15.6. The molecule has 4 nitrogen and oxygen atoms in total. The summed E-state index contributed by atoms with van der Waals surface area (Å²) < 4.78 is 28.7. The predicted molar refractivity (Wildman–Crippen MR) is 76.7 cm³/mol. The minimum absolute atomic E-state index is 0.277. The highest BCUT2D eigenvalue weighted by atomic mass is 19.1. The van der Waals surface area contributed by atoms with E-state index in [4.69, 9.17) is 0 Å². The lowest BCUT2D eigenvalue weighted by Gasteiger charge is -2.18. The molecule has 0 saturated heterocycles. The molecule has 0 saturated carbocycles. The molecule has 0 bridgehead atoms. The minimum atomic E-state index is -0.575. The standard InChI is InChI=1S/C15H20F2N4/c1-10(2)8-21-15(19-9-20-21)7-14(18-3)12-5-4-11(16)6-13(12)17/h4-6,9-10,14,18H,7-8H2,1-3H3. The summed E-state index contributed by atoms with van der Waals surface area (Å²) in [6.07, 6.45) is 2.00. The predicted octanol–water partition coefficient (Wildman–Crippen LogP) is 2.72. The highest BCUT2D eigenvalue weighted by Crippen LogP contribution is 2.21. The van der Waals surface area contributed by atoms with Crippen LogP contribution in [0.15, 0.2) is 24.5 Å². The van der Waals surface area contributed by atoms with Crippen molar-refractivity contribution in [3.8, 4) is 0 Å². The van der Waals surface area contributed by atoms with Gasteiger partial charge in [0.1, 0.15) is 23.8 Å². The van der Waals surface area contributed by atoms with Gasteiger partial charge in [0.05, 0.1) is 0 Å². The van der Waals surface area contributed by atoms with Gasteiger partial charge in [-0.3, -0.25) is 0 Å². The number of rotatable bonds is 6. The maximum atomic E-state index is 13.9. The third kappa shape index (κ3) is 3.85. The van der Waals surface area contributed by atoms with Gasteiger partial charge >= 0.3 is 0 Å². The van der Waals surface area contributed by atoms with Crippen LogP contribution in [-0.2, 0) is 13.0 Å². The Labute approximate surface area is 123 Å². The van der Waals surface area contributed by atoms with Crippen LogP contribution in [0.2, 0.25) is 0 Å². The monoisotopic (exact) mass is 294 g/mol. The van der Waals surface area contributed by atoms with E-state index < -0.39 is 11.6 Å². The summed E-state index contributed by atoms with van der Waals surface area (Å²) in [7, 11) is 1.75. The lowest BCUT2D eigenvalue weighted by atomic mass is 10.0. The number of hydrogen-bond donors (Lipinski definition) is 1. The van der Waals surface area contributed by atoms with Crippen molar-refractivity contribution in [2.75, 3.05) is 7.05 Å². The Balaban J connectivity index is 2.21. The fourth-order valence-corrected chi connectivity index (χ4v) is 2.28. The molecule has 2 aromatic rings. The van der Waals surface area contributed by atoms with E-state index in [2.05, 4.69) is 29.2 Å². The fourth-order valence-electron chi connectivity index (χ4n) is 2.28. The Hall–Kier alpha value is -1.82. The van der Waals surface area contributed by atoms with Gasteiger partial charge in [-0.05, 0) is 19.0 Å². The van der Waals surface area contributed by atoms with E-state index in [1.54, 1.807) is 7.05 Å². The molecule has 1 aromatic carbocycles. The van der Waals surface area contributed by atoms with E-state index in [1.807, 2.05) is 4.68 Å². The van der Waals surface area contributed by atoms with Crippen LogP contribution < -0.4 is 5.32 Å². The van der Waals surface area contributed by atoms with E-state index >= 15 is 0 Å². The normalized spacial score (nSPS) is 12.9. The molecule has 0 amide bonds. The molecule has 6 heteroatoms. The van der Waals surface area contributed by atoms with Crippen LogP contribution in [0.25, 0.3) is 0 Å². The van der Waals surface area contributed by atoms with Crippen molar-refractivity contribution < 1.29 is 8.78 Å². The molecule has 1 atom stereocenters. The average molecular weight is 294 g/mol. The van der Waals surface area contributed by atoms with Gasteiger partial charge in [0.15, 0.2) is 0 Å². The van der Waals surface area contributed by atoms with Crippen LogP contribution in [0.5, 0.6) is 0 Å². The molecular weight excluding hydrogens is 274 g/mol. The van der Waals surface area contributed by atoms with Gasteiger partial charge < -0.3 is 5.32 Å². The minimum Gasteiger partial charge on any atom is -0.313 e. The molecule has 0 aliphatic heterocycles. The van der Waals surface area contributed by atoms with E-state index in [1.165, 1.54) is 18.5 Å². The third-order valence-electron chi connectivity index (χ3n) is 3.31. The van der Waals surface area contributed by atoms with Crippen molar-refractivity contribution in [1.82, 2.24) is 20.1 Å². The van der Waals surface area contributed by atoms with Gasteiger partial charge in [-0.2, -0.15) is 5.10 Å². The SMILES string of the molecule is CNC(Cc1ncnn1CC(C)C)c1ccc(F)cc1F. The summed E-state index contributed by atoms with van der Waals surface area (Å²) >= 11 is 0. The van der Waals surface area contributed by atoms with Crippen LogP contribution in [0.4, 0.5) is 8.78 Å². The lowest BCUT2D eigenvalue weighted by molar-refractivity contribution is 0.446. The van der Waals surface area contributed by atoms with Crippen molar-refractivity contribution in [3.05, 3.63) is 47.5 Å². The molecular formula is C15H20F2N4. The number of nitrogens with zero attached hydrogens (tertiary/aromatic N) is 3. The van der Waals surface area contributed by atoms with Crippen LogP contribution in [-0.4, -0.2) is 21.8 Å². The van der Waals surface area contributed by atoms with Crippen molar-refractivity contribution in [2.45, 2.75) is 32.9 Å². The zero-order valence-electron chi connectivity index (χ0n) is 12.5. The summed E-state index contributed by atoms with van der Waals surface area (Å²) in [4.78, 5) is 4.25. The number of aromatic nitrogens is 3. The molecule has 1 unspecified atom stereocenters. The van der Waals surface area contributed by atoms with E-state index in [-0.39, 0.29) is 6.04 Å². The second-order valence-electron chi connectivity index (χ2n) is 5.46. The fraction of sp³-hybridized carbons (Fsp3) is 0.467. The number of hydrogen-bond acceptors (Lipinski definition) is 3. The van der Waals surface area contributed by atoms with E-state index in [9.17, 15) is 8.78 Å². The molecule has 0 radical (unpaired) electrons. The average Bonchev–Trinajstić information content (AvgIpc) is 2.83. The second-order valence-corrected chi connectivity index (χ2v) is 5.46. The van der Waals surface area contributed by atoms with Crippen molar-refractivity contribution >= 4 is 0 Å². The maximum Gasteiger partial charge on any atom is 0.138 e. The Morgan fingerprint density at radius 1 is 1.29 bits per heavy atom. The molecule has 0 aliphatic rings. The first-order chi connectivity index (χ1) is 10.0. The number of likely N-dealkylation sites (N-methyl/N-ethyl adjacent to an activating group) is 1. The number of halogens is 2. The van der Waals surface area contributed by atoms with Crippen LogP contribution in [0.3, 0.4) is 0 Å². The van der Waals surface area contributed by atoms with E-state index in [0.29, 0.717) is 17.9 Å². The largest absolute Gasteiger partial charge is 0.313 e. The lowest BCUT2D eigenvalue weighted by Crippen LogP contribution is -2.23. The summed E-state index contributed by atoms with van der Waals surface area (Å²) in [5.41, 5.74) is 0.429.